The predicted octanol–water partition coefficient (Wildman–Crippen LogP) is 3.83. The van der Waals surface area contributed by atoms with Gasteiger partial charge in [-0.1, -0.05) is 18.2 Å². The number of carbonyl (C=O) groups is 2. The lowest BCUT2D eigenvalue weighted by Crippen LogP contribution is -2.45. The molecule has 2 aromatic rings. The highest BCUT2D eigenvalue weighted by atomic mass is 16.4. The van der Waals surface area contributed by atoms with Crippen molar-refractivity contribution < 1.29 is 14.7 Å². The molecule has 1 N–H and O–H groups in total. The fraction of sp³-hybridized carbons (Fsp3) is 0.440. The van der Waals surface area contributed by atoms with Gasteiger partial charge >= 0.3 is 5.97 Å². The van der Waals surface area contributed by atoms with E-state index in [1.807, 2.05) is 66.4 Å². The summed E-state index contributed by atoms with van der Waals surface area (Å²) >= 11 is 0. The van der Waals surface area contributed by atoms with Gasteiger partial charge in [0.1, 0.15) is 0 Å². The molecule has 1 heterocycles. The van der Waals surface area contributed by atoms with Crippen LogP contribution < -0.4 is 9.80 Å². The smallest absolute Gasteiger partial charge is 0.303 e. The molecule has 0 radical (unpaired) electrons. The third kappa shape index (κ3) is 6.00. The summed E-state index contributed by atoms with van der Waals surface area (Å²) in [5, 5.41) is 9.37. The number of nitrogens with zero attached hydrogens (tertiary/aromatic N) is 3. The topological polar surface area (TPSA) is 64.1 Å². The quantitative estimate of drug-likeness (QED) is 0.699. The summed E-state index contributed by atoms with van der Waals surface area (Å²) in [5.41, 5.74) is 2.88. The lowest BCUT2D eigenvalue weighted by molar-refractivity contribution is -0.139. The van der Waals surface area contributed by atoms with Crippen LogP contribution in [0.4, 0.5) is 11.4 Å². The van der Waals surface area contributed by atoms with E-state index < -0.39 is 5.97 Å². The summed E-state index contributed by atoms with van der Waals surface area (Å²) in [6.45, 7) is 2.04. The van der Waals surface area contributed by atoms with Gasteiger partial charge in [-0.05, 0) is 61.1 Å². The van der Waals surface area contributed by atoms with Gasteiger partial charge in [-0.2, -0.15) is 0 Å². The summed E-state index contributed by atoms with van der Waals surface area (Å²) in [6, 6.07) is 17.8. The Morgan fingerprint density at radius 1 is 0.968 bits per heavy atom. The Bertz CT molecular complexity index is 867. The number of carboxylic acids is 1. The molecular formula is C25H33N3O3. The van der Waals surface area contributed by atoms with Crippen molar-refractivity contribution in [2.75, 3.05) is 50.6 Å². The number of anilines is 2. The van der Waals surface area contributed by atoms with Crippen LogP contribution in [0.1, 0.15) is 29.6 Å². The Hall–Kier alpha value is -3.02. The minimum atomic E-state index is -0.759. The molecule has 6 nitrogen and oxygen atoms in total. The molecule has 0 spiro atoms. The van der Waals surface area contributed by atoms with E-state index in [4.69, 9.17) is 0 Å². The second-order valence-electron chi connectivity index (χ2n) is 8.64. The first-order valence-electron chi connectivity index (χ1n) is 10.9. The van der Waals surface area contributed by atoms with Gasteiger partial charge in [-0.3, -0.25) is 9.59 Å². The molecule has 1 aliphatic heterocycles. The van der Waals surface area contributed by atoms with E-state index in [1.165, 1.54) is 0 Å². The summed E-state index contributed by atoms with van der Waals surface area (Å²) in [7, 11) is 6.00. The third-order valence-corrected chi connectivity index (χ3v) is 6.28. The monoisotopic (exact) mass is 423 g/mol. The van der Waals surface area contributed by atoms with E-state index in [9.17, 15) is 14.7 Å². The molecule has 6 heteroatoms. The molecule has 31 heavy (non-hydrogen) atoms. The third-order valence-electron chi connectivity index (χ3n) is 6.28. The normalized spacial score (nSPS) is 18.5. The standard InChI is InChI=1S/C25H33N3O3/c1-26(2)22-11-9-19(10-12-22)25(31)28-16-14-20(17-24(29)30)21(18-28)13-15-27(3)23-7-5-4-6-8-23/h4-12,20-21H,13-18H2,1-3H3,(H,29,30). The fourth-order valence-corrected chi connectivity index (χ4v) is 4.34. The Balaban J connectivity index is 1.67. The highest BCUT2D eigenvalue weighted by Crippen LogP contribution is 2.31. The minimum Gasteiger partial charge on any atom is -0.481 e. The second kappa shape index (κ2) is 10.3. The van der Waals surface area contributed by atoms with Crippen LogP contribution in [0.15, 0.2) is 54.6 Å². The number of hydrogen-bond donors (Lipinski definition) is 1. The molecule has 0 saturated carbocycles. The van der Waals surface area contributed by atoms with Gasteiger partial charge in [0, 0.05) is 64.1 Å². The fourth-order valence-electron chi connectivity index (χ4n) is 4.34. The molecular weight excluding hydrogens is 390 g/mol. The lowest BCUT2D eigenvalue weighted by atomic mass is 9.81. The van der Waals surface area contributed by atoms with Crippen molar-refractivity contribution in [1.29, 1.82) is 0 Å². The average molecular weight is 424 g/mol. The Morgan fingerprint density at radius 2 is 1.65 bits per heavy atom. The van der Waals surface area contributed by atoms with Gasteiger partial charge in [0.2, 0.25) is 0 Å². The van der Waals surface area contributed by atoms with Crippen LogP contribution in [0.2, 0.25) is 0 Å². The summed E-state index contributed by atoms with van der Waals surface area (Å²) in [6.07, 6.45) is 1.75. The zero-order valence-electron chi connectivity index (χ0n) is 18.7. The second-order valence-corrected chi connectivity index (χ2v) is 8.64. The molecule has 0 bridgehead atoms. The number of hydrogen-bond acceptors (Lipinski definition) is 4. The Labute approximate surface area is 185 Å². The number of aliphatic carboxylic acids is 1. The van der Waals surface area contributed by atoms with Crippen LogP contribution in [-0.4, -0.2) is 62.7 Å². The Morgan fingerprint density at radius 3 is 2.26 bits per heavy atom. The van der Waals surface area contributed by atoms with E-state index in [0.29, 0.717) is 18.7 Å². The maximum atomic E-state index is 13.1. The van der Waals surface area contributed by atoms with Gasteiger partial charge in [0.25, 0.3) is 5.91 Å². The van der Waals surface area contributed by atoms with Gasteiger partial charge in [0.05, 0.1) is 0 Å². The molecule has 2 atom stereocenters. The van der Waals surface area contributed by atoms with Crippen LogP contribution >= 0.6 is 0 Å². The van der Waals surface area contributed by atoms with Gasteiger partial charge in [-0.15, -0.1) is 0 Å². The van der Waals surface area contributed by atoms with Crippen LogP contribution in [0.5, 0.6) is 0 Å². The molecule has 1 aliphatic rings. The SMILES string of the molecule is CN(C)c1ccc(C(=O)N2CCC(CC(=O)O)C(CCN(C)c3ccccc3)C2)cc1. The van der Waals surface area contributed by atoms with E-state index in [1.54, 1.807) is 0 Å². The van der Waals surface area contributed by atoms with Crippen molar-refractivity contribution in [2.45, 2.75) is 19.3 Å². The van der Waals surface area contributed by atoms with Crippen molar-refractivity contribution in [3.8, 4) is 0 Å². The number of benzene rings is 2. The van der Waals surface area contributed by atoms with Crippen molar-refractivity contribution in [3.63, 3.8) is 0 Å². The van der Waals surface area contributed by atoms with Crippen LogP contribution in [0.25, 0.3) is 0 Å². The van der Waals surface area contributed by atoms with Gasteiger partial charge in [0.15, 0.2) is 0 Å². The van der Waals surface area contributed by atoms with Crippen molar-refractivity contribution in [3.05, 3.63) is 60.2 Å². The van der Waals surface area contributed by atoms with Crippen LogP contribution in [-0.2, 0) is 4.79 Å². The number of carbonyl (C=O) groups excluding carboxylic acids is 1. The molecule has 2 unspecified atom stereocenters. The summed E-state index contributed by atoms with van der Waals surface area (Å²) in [4.78, 5) is 30.6. The molecule has 0 aliphatic carbocycles. The molecule has 1 saturated heterocycles. The highest BCUT2D eigenvalue weighted by molar-refractivity contribution is 5.94. The molecule has 1 amide bonds. The largest absolute Gasteiger partial charge is 0.481 e. The number of carboxylic acid groups (broad SMARTS) is 1. The maximum absolute atomic E-state index is 13.1. The average Bonchev–Trinajstić information content (AvgIpc) is 2.78. The number of rotatable bonds is 8. The number of likely N-dealkylation sites (tertiary alicyclic amines) is 1. The summed E-state index contributed by atoms with van der Waals surface area (Å²) in [5.74, 6) is -0.464. The van der Waals surface area contributed by atoms with E-state index >= 15 is 0 Å². The van der Waals surface area contributed by atoms with Gasteiger partial charge < -0.3 is 19.8 Å². The predicted molar refractivity (Wildman–Crippen MR) is 125 cm³/mol. The van der Waals surface area contributed by atoms with E-state index in [-0.39, 0.29) is 24.2 Å². The maximum Gasteiger partial charge on any atom is 0.303 e. The van der Waals surface area contributed by atoms with Crippen molar-refractivity contribution >= 4 is 23.3 Å². The number of para-hydroxylation sites is 1. The zero-order valence-corrected chi connectivity index (χ0v) is 18.7. The van der Waals surface area contributed by atoms with Gasteiger partial charge in [-0.25, -0.2) is 0 Å². The molecule has 1 fully saturated rings. The molecule has 3 rings (SSSR count). The summed E-state index contributed by atoms with van der Waals surface area (Å²) < 4.78 is 0. The van der Waals surface area contributed by atoms with Crippen LogP contribution in [0, 0.1) is 11.8 Å². The van der Waals surface area contributed by atoms with Crippen molar-refractivity contribution in [2.24, 2.45) is 11.8 Å². The number of amides is 1. The minimum absolute atomic E-state index is 0.0282. The first-order valence-corrected chi connectivity index (χ1v) is 10.9. The molecule has 2 aromatic carbocycles. The first-order chi connectivity index (χ1) is 14.8. The lowest BCUT2D eigenvalue weighted by Gasteiger charge is -2.39. The number of piperidine rings is 1. The highest BCUT2D eigenvalue weighted by Gasteiger charge is 2.33. The van der Waals surface area contributed by atoms with Crippen LogP contribution in [0.3, 0.4) is 0 Å². The van der Waals surface area contributed by atoms with E-state index in [2.05, 4.69) is 24.1 Å². The molecule has 166 valence electrons. The van der Waals surface area contributed by atoms with E-state index in [0.717, 1.165) is 30.8 Å². The zero-order chi connectivity index (χ0) is 22.4. The molecule has 0 aromatic heterocycles. The first kappa shape index (κ1) is 22.7. The van der Waals surface area contributed by atoms with Crippen molar-refractivity contribution in [1.82, 2.24) is 4.90 Å². The Kier molecular flexibility index (Phi) is 7.55.